The molecule has 1 aromatic carbocycles. The van der Waals surface area contributed by atoms with Gasteiger partial charge in [-0.05, 0) is 37.1 Å². The lowest BCUT2D eigenvalue weighted by Crippen LogP contribution is -2.08. The molecule has 2 aromatic rings. The molecule has 0 saturated heterocycles. The monoisotopic (exact) mass is 504 g/mol. The topological polar surface area (TPSA) is 90.2 Å². The molecule has 0 aliphatic rings. The first-order valence-corrected chi connectivity index (χ1v) is 13.6. The van der Waals surface area contributed by atoms with Gasteiger partial charge in [-0.15, -0.1) is 0 Å². The lowest BCUT2D eigenvalue weighted by atomic mass is 10.0. The number of unbranched alkanes of at least 4 members (excludes halogenated alkanes) is 13. The van der Waals surface area contributed by atoms with Crippen LogP contribution in [0.15, 0.2) is 24.5 Å². The third-order valence-corrected chi connectivity index (χ3v) is 6.56. The third-order valence-electron chi connectivity index (χ3n) is 6.14. The Hall–Kier alpha value is -2.41. The van der Waals surface area contributed by atoms with Crippen molar-refractivity contribution in [2.45, 2.75) is 104 Å². The van der Waals surface area contributed by atoms with Crippen LogP contribution in [-0.2, 0) is 0 Å². The summed E-state index contributed by atoms with van der Waals surface area (Å²) in [5.74, 6) is 0.530. The van der Waals surface area contributed by atoms with Crippen LogP contribution < -0.4 is 10.1 Å². The van der Waals surface area contributed by atoms with E-state index >= 15 is 0 Å². The SMILES string of the molecule is CCCCCCCCCCCCCCCCNc1ncnc(Oc2ccc(Cl)c(C)c2)c1[N+](=O)[O-]. The molecule has 0 atom stereocenters. The van der Waals surface area contributed by atoms with Crippen molar-refractivity contribution >= 4 is 23.1 Å². The number of nitro groups is 1. The largest absolute Gasteiger partial charge is 0.434 e. The van der Waals surface area contributed by atoms with Gasteiger partial charge >= 0.3 is 11.6 Å². The Morgan fingerprint density at radius 2 is 1.49 bits per heavy atom. The van der Waals surface area contributed by atoms with E-state index in [9.17, 15) is 10.1 Å². The van der Waals surface area contributed by atoms with Crippen LogP contribution in [0.4, 0.5) is 11.5 Å². The summed E-state index contributed by atoms with van der Waals surface area (Å²) in [7, 11) is 0. The fraction of sp³-hybridized carbons (Fsp3) is 0.630. The van der Waals surface area contributed by atoms with Gasteiger partial charge in [0, 0.05) is 11.6 Å². The van der Waals surface area contributed by atoms with E-state index in [1.165, 1.54) is 83.4 Å². The number of aryl methyl sites for hydroxylation is 1. The van der Waals surface area contributed by atoms with Crippen molar-refractivity contribution < 1.29 is 9.66 Å². The second-order valence-electron chi connectivity index (χ2n) is 9.17. The smallest absolute Gasteiger partial charge is 0.373 e. The Morgan fingerprint density at radius 1 is 0.914 bits per heavy atom. The molecule has 0 spiro atoms. The number of benzene rings is 1. The minimum atomic E-state index is -0.508. The zero-order chi connectivity index (χ0) is 25.3. The quantitative estimate of drug-likeness (QED) is 0.116. The molecule has 0 unspecified atom stereocenters. The summed E-state index contributed by atoms with van der Waals surface area (Å²) in [5, 5.41) is 15.4. The van der Waals surface area contributed by atoms with E-state index in [1.807, 2.05) is 6.92 Å². The maximum atomic E-state index is 11.7. The predicted octanol–water partition coefficient (Wildman–Crippen LogP) is 9.03. The number of anilines is 1. The molecule has 0 aliphatic heterocycles. The lowest BCUT2D eigenvalue weighted by Gasteiger charge is -2.10. The molecule has 0 saturated carbocycles. The van der Waals surface area contributed by atoms with E-state index in [0.717, 1.165) is 18.4 Å². The van der Waals surface area contributed by atoms with Crippen molar-refractivity contribution in [3.63, 3.8) is 0 Å². The zero-order valence-corrected chi connectivity index (χ0v) is 22.1. The number of ether oxygens (including phenoxy) is 1. The maximum absolute atomic E-state index is 11.7. The van der Waals surface area contributed by atoms with Crippen molar-refractivity contribution in [1.29, 1.82) is 0 Å². The highest BCUT2D eigenvalue weighted by molar-refractivity contribution is 6.31. The molecule has 1 heterocycles. The molecule has 35 heavy (non-hydrogen) atoms. The zero-order valence-electron chi connectivity index (χ0n) is 21.4. The summed E-state index contributed by atoms with van der Waals surface area (Å²) < 4.78 is 5.68. The molecule has 1 N–H and O–H groups in total. The molecule has 2 rings (SSSR count). The Kier molecular flexibility index (Phi) is 14.1. The van der Waals surface area contributed by atoms with E-state index in [4.69, 9.17) is 16.3 Å². The Bertz CT molecular complexity index is 895. The molecule has 0 fully saturated rings. The van der Waals surface area contributed by atoms with Gasteiger partial charge in [0.05, 0.1) is 4.92 Å². The van der Waals surface area contributed by atoms with E-state index in [2.05, 4.69) is 22.2 Å². The normalized spacial score (nSPS) is 10.9. The van der Waals surface area contributed by atoms with Gasteiger partial charge in [-0.1, -0.05) is 102 Å². The second-order valence-corrected chi connectivity index (χ2v) is 9.58. The Morgan fingerprint density at radius 3 is 2.03 bits per heavy atom. The third kappa shape index (κ3) is 11.2. The maximum Gasteiger partial charge on any atom is 0.373 e. The summed E-state index contributed by atoms with van der Waals surface area (Å²) in [6.07, 6.45) is 19.4. The van der Waals surface area contributed by atoms with Crippen LogP contribution in [0.5, 0.6) is 11.6 Å². The molecular weight excluding hydrogens is 464 g/mol. The van der Waals surface area contributed by atoms with Gasteiger partial charge in [0.2, 0.25) is 5.82 Å². The highest BCUT2D eigenvalue weighted by Crippen LogP contribution is 2.34. The number of halogens is 1. The van der Waals surface area contributed by atoms with E-state index in [-0.39, 0.29) is 17.4 Å². The number of hydrogen-bond donors (Lipinski definition) is 1. The van der Waals surface area contributed by atoms with Gasteiger partial charge in [-0.3, -0.25) is 10.1 Å². The first-order chi connectivity index (χ1) is 17.0. The molecule has 7 nitrogen and oxygen atoms in total. The Balaban J connectivity index is 1.64. The van der Waals surface area contributed by atoms with Gasteiger partial charge in [0.15, 0.2) is 0 Å². The minimum Gasteiger partial charge on any atom is -0.434 e. The van der Waals surface area contributed by atoms with E-state index < -0.39 is 4.92 Å². The standard InChI is InChI=1S/C27H41ClN4O3/c1-3-4-5-6-7-8-9-10-11-12-13-14-15-16-19-29-26-25(32(33)34)27(31-21-30-26)35-23-17-18-24(28)22(2)20-23/h17-18,20-21H,3-16,19H2,1-2H3,(H,29,30,31). The summed E-state index contributed by atoms with van der Waals surface area (Å²) in [4.78, 5) is 19.2. The highest BCUT2D eigenvalue weighted by Gasteiger charge is 2.25. The van der Waals surface area contributed by atoms with Crippen LogP contribution in [0.1, 0.15) is 102 Å². The van der Waals surface area contributed by atoms with Crippen LogP contribution in [0.25, 0.3) is 0 Å². The van der Waals surface area contributed by atoms with Crippen LogP contribution in [0.2, 0.25) is 5.02 Å². The molecule has 194 valence electrons. The number of nitrogens with one attached hydrogen (secondary N) is 1. The van der Waals surface area contributed by atoms with Crippen molar-refractivity contribution in [3.05, 3.63) is 45.2 Å². The second kappa shape index (κ2) is 17.1. The van der Waals surface area contributed by atoms with Crippen molar-refractivity contribution in [2.75, 3.05) is 11.9 Å². The number of rotatable bonds is 19. The fourth-order valence-electron chi connectivity index (χ4n) is 4.05. The van der Waals surface area contributed by atoms with Crippen LogP contribution in [0.3, 0.4) is 0 Å². The summed E-state index contributed by atoms with van der Waals surface area (Å²) in [5.41, 5.74) is 0.558. The minimum absolute atomic E-state index is 0.0878. The molecule has 0 radical (unpaired) electrons. The molecule has 1 aromatic heterocycles. The van der Waals surface area contributed by atoms with Crippen LogP contribution >= 0.6 is 11.6 Å². The van der Waals surface area contributed by atoms with Gasteiger partial charge < -0.3 is 10.1 Å². The van der Waals surface area contributed by atoms with Crippen molar-refractivity contribution in [3.8, 4) is 11.6 Å². The van der Waals surface area contributed by atoms with E-state index in [0.29, 0.717) is 17.3 Å². The summed E-state index contributed by atoms with van der Waals surface area (Å²) in [6, 6.07) is 5.06. The number of nitrogens with zero attached hydrogens (tertiary/aromatic N) is 3. The van der Waals surface area contributed by atoms with Crippen molar-refractivity contribution in [2.24, 2.45) is 0 Å². The van der Waals surface area contributed by atoms with E-state index in [1.54, 1.807) is 18.2 Å². The summed E-state index contributed by atoms with van der Waals surface area (Å²) in [6.45, 7) is 4.72. The molecular formula is C27H41ClN4O3. The lowest BCUT2D eigenvalue weighted by molar-refractivity contribution is -0.385. The summed E-state index contributed by atoms with van der Waals surface area (Å²) >= 11 is 6.05. The molecule has 0 bridgehead atoms. The van der Waals surface area contributed by atoms with Gasteiger partial charge in [-0.2, -0.15) is 4.98 Å². The molecule has 8 heteroatoms. The fourth-order valence-corrected chi connectivity index (χ4v) is 4.17. The van der Waals surface area contributed by atoms with Gasteiger partial charge in [0.1, 0.15) is 12.1 Å². The predicted molar refractivity (Wildman–Crippen MR) is 144 cm³/mol. The number of aromatic nitrogens is 2. The first kappa shape index (κ1) is 28.8. The highest BCUT2D eigenvalue weighted by atomic mass is 35.5. The average molecular weight is 505 g/mol. The molecule has 0 amide bonds. The average Bonchev–Trinajstić information content (AvgIpc) is 2.83. The van der Waals surface area contributed by atoms with Crippen molar-refractivity contribution in [1.82, 2.24) is 9.97 Å². The van der Waals surface area contributed by atoms with Gasteiger partial charge in [0.25, 0.3) is 0 Å². The van der Waals surface area contributed by atoms with Crippen LogP contribution in [0, 0.1) is 17.0 Å². The van der Waals surface area contributed by atoms with Crippen LogP contribution in [-0.4, -0.2) is 21.4 Å². The number of hydrogen-bond acceptors (Lipinski definition) is 6. The van der Waals surface area contributed by atoms with Gasteiger partial charge in [-0.25, -0.2) is 4.98 Å². The Labute approximate surface area is 215 Å². The molecule has 0 aliphatic carbocycles. The first-order valence-electron chi connectivity index (χ1n) is 13.2.